The van der Waals surface area contributed by atoms with Gasteiger partial charge in [-0.25, -0.2) is 0 Å². The van der Waals surface area contributed by atoms with Gasteiger partial charge in [0.05, 0.1) is 6.04 Å². The van der Waals surface area contributed by atoms with Crippen molar-refractivity contribution in [3.63, 3.8) is 0 Å². The van der Waals surface area contributed by atoms with Crippen LogP contribution < -0.4 is 16.0 Å². The average Bonchev–Trinajstić information content (AvgIpc) is 3.39. The van der Waals surface area contributed by atoms with E-state index < -0.39 is 0 Å². The Bertz CT molecular complexity index is 1450. The lowest BCUT2D eigenvalue weighted by Crippen LogP contribution is -2.40. The molecule has 4 nitrogen and oxygen atoms in total. The first-order chi connectivity index (χ1) is 20.2. The fourth-order valence-electron chi connectivity index (χ4n) is 6.35. The molecule has 41 heavy (non-hydrogen) atoms. The summed E-state index contributed by atoms with van der Waals surface area (Å²) in [6.07, 6.45) is 7.02. The third-order valence-electron chi connectivity index (χ3n) is 8.65. The molecule has 0 aliphatic carbocycles. The second kappa shape index (κ2) is 13.3. The van der Waals surface area contributed by atoms with Crippen molar-refractivity contribution in [3.8, 4) is 0 Å². The van der Waals surface area contributed by atoms with Crippen LogP contribution in [0, 0.1) is 0 Å². The minimum absolute atomic E-state index is 0.0577. The van der Waals surface area contributed by atoms with Crippen molar-refractivity contribution < 1.29 is 4.79 Å². The topological polar surface area (TPSA) is 53.2 Å². The highest BCUT2D eigenvalue weighted by Gasteiger charge is 2.28. The van der Waals surface area contributed by atoms with Gasteiger partial charge in [-0.05, 0) is 103 Å². The van der Waals surface area contributed by atoms with E-state index in [-0.39, 0.29) is 18.0 Å². The van der Waals surface area contributed by atoms with Gasteiger partial charge in [0.25, 0.3) is 0 Å². The Labute approximate surface area is 244 Å². The number of benzene rings is 4. The average molecular weight is 544 g/mol. The Kier molecular flexibility index (Phi) is 8.89. The maximum atomic E-state index is 14.1. The molecule has 1 amide bonds. The van der Waals surface area contributed by atoms with Gasteiger partial charge in [0.2, 0.25) is 5.91 Å². The number of nitrogens with one attached hydrogen (secondary N) is 3. The minimum Gasteiger partial charge on any atom is -0.347 e. The van der Waals surface area contributed by atoms with Crippen LogP contribution >= 0.6 is 0 Å². The van der Waals surface area contributed by atoms with Crippen molar-refractivity contribution in [3.05, 3.63) is 142 Å². The minimum atomic E-state index is -0.357. The summed E-state index contributed by atoms with van der Waals surface area (Å²) in [5, 5.41) is 10.7. The van der Waals surface area contributed by atoms with Gasteiger partial charge in [-0.3, -0.25) is 4.79 Å². The molecule has 6 rings (SSSR count). The summed E-state index contributed by atoms with van der Waals surface area (Å²) in [4.78, 5) is 14.1. The molecule has 210 valence electrons. The Balaban J connectivity index is 1.26. The maximum Gasteiger partial charge on any atom is 0.242 e. The van der Waals surface area contributed by atoms with Crippen molar-refractivity contribution in [2.75, 3.05) is 13.1 Å². The molecule has 0 saturated carbocycles. The van der Waals surface area contributed by atoms with E-state index in [4.69, 9.17) is 0 Å². The molecule has 2 aliphatic rings. The first-order valence-electron chi connectivity index (χ1n) is 15.3. The van der Waals surface area contributed by atoms with Gasteiger partial charge in [-0.15, -0.1) is 0 Å². The first kappa shape index (κ1) is 27.4. The zero-order valence-electron chi connectivity index (χ0n) is 23.9. The van der Waals surface area contributed by atoms with Crippen LogP contribution in [0.3, 0.4) is 0 Å². The molecule has 0 bridgehead atoms. The normalized spacial score (nSPS) is 17.4. The van der Waals surface area contributed by atoms with Gasteiger partial charge in [-0.2, -0.15) is 0 Å². The largest absolute Gasteiger partial charge is 0.347 e. The molecule has 0 radical (unpaired) electrons. The van der Waals surface area contributed by atoms with Gasteiger partial charge >= 0.3 is 0 Å². The summed E-state index contributed by atoms with van der Waals surface area (Å²) in [6, 6.07) is 34.3. The molecular formula is C37H41N3O. The summed E-state index contributed by atoms with van der Waals surface area (Å²) in [5.74, 6) is 0.0577. The summed E-state index contributed by atoms with van der Waals surface area (Å²) in [6.45, 7) is 2.77. The lowest BCUT2D eigenvalue weighted by Gasteiger charge is -2.25. The lowest BCUT2D eigenvalue weighted by molar-refractivity contribution is -0.124. The number of hydrogen-bond donors (Lipinski definition) is 3. The summed E-state index contributed by atoms with van der Waals surface area (Å²) in [7, 11) is 0. The van der Waals surface area contributed by atoms with Crippen molar-refractivity contribution >= 4 is 5.91 Å². The Morgan fingerprint density at radius 3 is 2.27 bits per heavy atom. The number of carbonyl (C=O) groups excluding carboxylic acids is 1. The quantitative estimate of drug-likeness (QED) is 0.249. The summed E-state index contributed by atoms with van der Waals surface area (Å²) < 4.78 is 0. The van der Waals surface area contributed by atoms with Crippen LogP contribution in [0.1, 0.15) is 69.4 Å². The highest BCUT2D eigenvalue weighted by molar-refractivity contribution is 5.84. The van der Waals surface area contributed by atoms with Crippen LogP contribution in [-0.2, 0) is 43.4 Å². The van der Waals surface area contributed by atoms with Gasteiger partial charge in [0.15, 0.2) is 0 Å². The Morgan fingerprint density at radius 2 is 1.44 bits per heavy atom. The standard InChI is InChI=1S/C37H41N3O/c41-37(36-34-23-29(16-15-27-9-3-1-4-10-27)17-18-31(34)14-8-22-39-36)40-35(24-28-11-5-2-6-12-28)32-20-19-30-13-7-21-38-26-33(30)25-32/h1-6,9-12,17-20,23,25,35-36,38-39H,7-8,13-16,21-22,24,26H2,(H,40,41). The fourth-order valence-corrected chi connectivity index (χ4v) is 6.35. The molecule has 2 unspecified atom stereocenters. The van der Waals surface area contributed by atoms with Crippen LogP contribution in [0.15, 0.2) is 97.1 Å². The SMILES string of the molecule is O=C(NC(Cc1ccccc1)c1ccc2c(c1)CNCCC2)C1NCCCc2ccc(CCc3ccccc3)cc21. The van der Waals surface area contributed by atoms with Gasteiger partial charge < -0.3 is 16.0 Å². The summed E-state index contributed by atoms with van der Waals surface area (Å²) >= 11 is 0. The van der Waals surface area contributed by atoms with Crippen LogP contribution in [0.4, 0.5) is 0 Å². The van der Waals surface area contributed by atoms with E-state index in [0.717, 1.165) is 70.1 Å². The third kappa shape index (κ3) is 6.95. The number of fused-ring (bicyclic) bond motifs is 2. The monoisotopic (exact) mass is 543 g/mol. The Hall–Kier alpha value is -3.73. The van der Waals surface area contributed by atoms with E-state index in [1.807, 2.05) is 6.07 Å². The zero-order chi connectivity index (χ0) is 27.9. The molecule has 0 spiro atoms. The molecule has 0 fully saturated rings. The van der Waals surface area contributed by atoms with Crippen LogP contribution in [0.2, 0.25) is 0 Å². The third-order valence-corrected chi connectivity index (χ3v) is 8.65. The molecule has 2 atom stereocenters. The van der Waals surface area contributed by atoms with Crippen molar-refractivity contribution in [2.45, 2.75) is 63.6 Å². The van der Waals surface area contributed by atoms with E-state index in [1.54, 1.807) is 0 Å². The molecule has 3 N–H and O–H groups in total. The first-order valence-corrected chi connectivity index (χ1v) is 15.3. The fraction of sp³-hybridized carbons (Fsp3) is 0.324. The molecule has 0 saturated heterocycles. The molecule has 2 aliphatic heterocycles. The number of aryl methyl sites for hydroxylation is 4. The van der Waals surface area contributed by atoms with Crippen LogP contribution in [0.25, 0.3) is 0 Å². The number of hydrogen-bond acceptors (Lipinski definition) is 3. The molecular weight excluding hydrogens is 502 g/mol. The van der Waals surface area contributed by atoms with E-state index in [0.29, 0.717) is 0 Å². The predicted molar refractivity (Wildman–Crippen MR) is 167 cm³/mol. The van der Waals surface area contributed by atoms with Crippen molar-refractivity contribution in [2.24, 2.45) is 0 Å². The van der Waals surface area contributed by atoms with Crippen molar-refractivity contribution in [1.29, 1.82) is 0 Å². The lowest BCUT2D eigenvalue weighted by atomic mass is 9.92. The van der Waals surface area contributed by atoms with Crippen LogP contribution in [-0.4, -0.2) is 19.0 Å². The van der Waals surface area contributed by atoms with Gasteiger partial charge in [0, 0.05) is 6.54 Å². The molecule has 4 aromatic rings. The smallest absolute Gasteiger partial charge is 0.242 e. The van der Waals surface area contributed by atoms with E-state index in [2.05, 4.69) is 107 Å². The Morgan fingerprint density at radius 1 is 0.732 bits per heavy atom. The highest BCUT2D eigenvalue weighted by Crippen LogP contribution is 2.28. The molecule has 2 heterocycles. The van der Waals surface area contributed by atoms with E-state index in [9.17, 15) is 4.79 Å². The number of rotatable bonds is 8. The van der Waals surface area contributed by atoms with Gasteiger partial charge in [0.1, 0.15) is 6.04 Å². The number of carbonyl (C=O) groups is 1. The predicted octanol–water partition coefficient (Wildman–Crippen LogP) is 6.18. The van der Waals surface area contributed by atoms with E-state index in [1.165, 1.54) is 38.9 Å². The zero-order valence-corrected chi connectivity index (χ0v) is 23.9. The molecule has 4 aromatic carbocycles. The van der Waals surface area contributed by atoms with Crippen LogP contribution in [0.5, 0.6) is 0 Å². The molecule has 0 aromatic heterocycles. The second-order valence-electron chi connectivity index (χ2n) is 11.6. The molecule has 4 heteroatoms. The van der Waals surface area contributed by atoms with Crippen molar-refractivity contribution in [1.82, 2.24) is 16.0 Å². The second-order valence-corrected chi connectivity index (χ2v) is 11.6. The maximum absolute atomic E-state index is 14.1. The number of amides is 1. The highest BCUT2D eigenvalue weighted by atomic mass is 16.2. The van der Waals surface area contributed by atoms with Gasteiger partial charge in [-0.1, -0.05) is 97.1 Å². The summed E-state index contributed by atoms with van der Waals surface area (Å²) in [5.41, 5.74) is 10.2. The van der Waals surface area contributed by atoms with E-state index >= 15 is 0 Å².